The molecule has 2 rings (SSSR count). The van der Waals surface area contributed by atoms with E-state index in [1.807, 2.05) is 6.92 Å². The first-order valence-corrected chi connectivity index (χ1v) is 6.03. The van der Waals surface area contributed by atoms with Crippen molar-refractivity contribution in [1.29, 1.82) is 5.26 Å². The number of benzene rings is 2. The van der Waals surface area contributed by atoms with Crippen LogP contribution in [-0.4, -0.2) is 6.61 Å². The van der Waals surface area contributed by atoms with Gasteiger partial charge in [-0.2, -0.15) is 5.26 Å². The molecule has 0 aliphatic rings. The van der Waals surface area contributed by atoms with E-state index in [1.54, 1.807) is 30.3 Å². The van der Waals surface area contributed by atoms with Gasteiger partial charge in [0.15, 0.2) is 11.6 Å². The molecule has 2 aromatic rings. The van der Waals surface area contributed by atoms with Crippen molar-refractivity contribution in [3.05, 3.63) is 53.6 Å². The maximum absolute atomic E-state index is 13.7. The molecule has 0 saturated heterocycles. The smallest absolute Gasteiger partial charge is 0.150 e. The molecular formula is C15H12F2N2O. The van der Waals surface area contributed by atoms with E-state index >= 15 is 0 Å². The molecule has 0 radical (unpaired) electrons. The van der Waals surface area contributed by atoms with Crippen molar-refractivity contribution in [2.24, 2.45) is 0 Å². The van der Waals surface area contributed by atoms with Crippen LogP contribution in [0, 0.1) is 23.0 Å². The molecule has 0 aromatic heterocycles. The molecule has 2 aromatic carbocycles. The molecule has 0 unspecified atom stereocenters. The Morgan fingerprint density at radius 1 is 1.20 bits per heavy atom. The average molecular weight is 274 g/mol. The zero-order valence-corrected chi connectivity index (χ0v) is 10.8. The second kappa shape index (κ2) is 6.02. The Kier molecular flexibility index (Phi) is 4.16. The largest absolute Gasteiger partial charge is 0.494 e. The molecule has 0 spiro atoms. The summed E-state index contributed by atoms with van der Waals surface area (Å²) in [6, 6.07) is 10.4. The number of rotatable bonds is 4. The van der Waals surface area contributed by atoms with Gasteiger partial charge >= 0.3 is 0 Å². The van der Waals surface area contributed by atoms with E-state index in [2.05, 4.69) is 5.32 Å². The van der Waals surface area contributed by atoms with E-state index in [1.165, 1.54) is 0 Å². The van der Waals surface area contributed by atoms with Gasteiger partial charge in [-0.3, -0.25) is 0 Å². The third kappa shape index (κ3) is 3.04. The highest BCUT2D eigenvalue weighted by Gasteiger charge is 2.11. The van der Waals surface area contributed by atoms with Gasteiger partial charge in [0, 0.05) is 11.8 Å². The van der Waals surface area contributed by atoms with Gasteiger partial charge in [-0.25, -0.2) is 8.78 Å². The van der Waals surface area contributed by atoms with Crippen molar-refractivity contribution in [2.75, 3.05) is 11.9 Å². The van der Waals surface area contributed by atoms with Gasteiger partial charge in [0.1, 0.15) is 11.4 Å². The van der Waals surface area contributed by atoms with Crippen LogP contribution in [0.1, 0.15) is 12.5 Å². The monoisotopic (exact) mass is 274 g/mol. The number of nitrogens with one attached hydrogen (secondary N) is 1. The summed E-state index contributed by atoms with van der Waals surface area (Å²) in [7, 11) is 0. The number of halogens is 2. The number of nitriles is 1. The lowest BCUT2D eigenvalue weighted by atomic mass is 10.2. The Bertz CT molecular complexity index is 642. The van der Waals surface area contributed by atoms with Gasteiger partial charge in [0.05, 0.1) is 18.2 Å². The zero-order chi connectivity index (χ0) is 14.5. The molecule has 0 aliphatic carbocycles. The van der Waals surface area contributed by atoms with Gasteiger partial charge in [0.25, 0.3) is 0 Å². The molecule has 0 aliphatic heterocycles. The van der Waals surface area contributed by atoms with Crippen molar-refractivity contribution in [1.82, 2.24) is 0 Å². The van der Waals surface area contributed by atoms with Crippen LogP contribution < -0.4 is 10.1 Å². The molecule has 0 atom stereocenters. The Morgan fingerprint density at radius 3 is 2.50 bits per heavy atom. The van der Waals surface area contributed by atoms with Crippen LogP contribution in [-0.2, 0) is 0 Å². The summed E-state index contributed by atoms with van der Waals surface area (Å²) in [5.41, 5.74) is 0.143. The number of nitrogens with zero attached hydrogens (tertiary/aromatic N) is 1. The van der Waals surface area contributed by atoms with E-state index in [4.69, 9.17) is 10.00 Å². The maximum atomic E-state index is 13.7. The van der Waals surface area contributed by atoms with Crippen molar-refractivity contribution < 1.29 is 13.5 Å². The lowest BCUT2D eigenvalue weighted by Gasteiger charge is -2.10. The van der Waals surface area contributed by atoms with Crippen molar-refractivity contribution in [2.45, 2.75) is 6.92 Å². The van der Waals surface area contributed by atoms with E-state index < -0.39 is 11.6 Å². The van der Waals surface area contributed by atoms with E-state index in [0.717, 1.165) is 12.1 Å². The number of hydrogen-bond acceptors (Lipinski definition) is 3. The molecule has 0 amide bonds. The normalized spacial score (nSPS) is 9.90. The molecule has 102 valence electrons. The van der Waals surface area contributed by atoms with Crippen LogP contribution in [0.5, 0.6) is 5.75 Å². The quantitative estimate of drug-likeness (QED) is 0.917. The standard InChI is InChI=1S/C15H12F2N2O/c1-2-20-12-5-3-4-11(8-12)19-15-13(16)6-10(9-18)7-14(15)17/h3-8,19H,2H2,1H3. The summed E-state index contributed by atoms with van der Waals surface area (Å²) in [5, 5.41) is 11.3. The Morgan fingerprint density at radius 2 is 1.90 bits per heavy atom. The van der Waals surface area contributed by atoms with Crippen molar-refractivity contribution in [3.63, 3.8) is 0 Å². The predicted octanol–water partition coefficient (Wildman–Crippen LogP) is 3.98. The predicted molar refractivity (Wildman–Crippen MR) is 72.0 cm³/mol. The fraction of sp³-hybridized carbons (Fsp3) is 0.133. The molecule has 0 fully saturated rings. The van der Waals surface area contributed by atoms with Gasteiger partial charge in [-0.15, -0.1) is 0 Å². The first-order valence-electron chi connectivity index (χ1n) is 6.03. The Labute approximate surface area is 115 Å². The van der Waals surface area contributed by atoms with E-state index in [-0.39, 0.29) is 11.3 Å². The second-order valence-electron chi connectivity index (χ2n) is 4.01. The number of ether oxygens (including phenoxy) is 1. The summed E-state index contributed by atoms with van der Waals surface area (Å²) >= 11 is 0. The highest BCUT2D eigenvalue weighted by molar-refractivity contribution is 5.63. The first-order chi connectivity index (χ1) is 9.63. The van der Waals surface area contributed by atoms with Gasteiger partial charge < -0.3 is 10.1 Å². The molecule has 0 bridgehead atoms. The third-order valence-corrected chi connectivity index (χ3v) is 2.59. The molecule has 3 nitrogen and oxygen atoms in total. The molecule has 5 heteroatoms. The highest BCUT2D eigenvalue weighted by Crippen LogP contribution is 2.26. The minimum absolute atomic E-state index is 0.0615. The summed E-state index contributed by atoms with van der Waals surface area (Å²) in [5.74, 6) is -1.03. The van der Waals surface area contributed by atoms with Crippen molar-refractivity contribution in [3.8, 4) is 11.8 Å². The van der Waals surface area contributed by atoms with Crippen LogP contribution in [0.15, 0.2) is 36.4 Å². The molecular weight excluding hydrogens is 262 g/mol. The summed E-state index contributed by atoms with van der Waals surface area (Å²) in [6.45, 7) is 2.35. The summed E-state index contributed by atoms with van der Waals surface area (Å²) < 4.78 is 32.8. The van der Waals surface area contributed by atoms with Crippen molar-refractivity contribution >= 4 is 11.4 Å². The minimum Gasteiger partial charge on any atom is -0.494 e. The fourth-order valence-electron chi connectivity index (χ4n) is 1.73. The Hall–Kier alpha value is -2.61. The van der Waals surface area contributed by atoms with Crippen LogP contribution in [0.25, 0.3) is 0 Å². The number of anilines is 2. The van der Waals surface area contributed by atoms with Gasteiger partial charge in [0.2, 0.25) is 0 Å². The molecule has 0 saturated carbocycles. The summed E-state index contributed by atoms with van der Waals surface area (Å²) in [4.78, 5) is 0. The highest BCUT2D eigenvalue weighted by atomic mass is 19.1. The average Bonchev–Trinajstić information content (AvgIpc) is 2.43. The lowest BCUT2D eigenvalue weighted by molar-refractivity contribution is 0.340. The second-order valence-corrected chi connectivity index (χ2v) is 4.01. The van der Waals surface area contributed by atoms with Crippen LogP contribution >= 0.6 is 0 Å². The molecule has 20 heavy (non-hydrogen) atoms. The van der Waals surface area contributed by atoms with E-state index in [9.17, 15) is 8.78 Å². The molecule has 1 N–H and O–H groups in total. The Balaban J connectivity index is 2.31. The fourth-order valence-corrected chi connectivity index (χ4v) is 1.73. The van der Waals surface area contributed by atoms with Gasteiger partial charge in [-0.05, 0) is 31.2 Å². The minimum atomic E-state index is -0.816. The maximum Gasteiger partial charge on any atom is 0.150 e. The van der Waals surface area contributed by atoms with Gasteiger partial charge in [-0.1, -0.05) is 6.07 Å². The van der Waals surface area contributed by atoms with E-state index in [0.29, 0.717) is 18.0 Å². The van der Waals surface area contributed by atoms with Crippen LogP contribution in [0.3, 0.4) is 0 Å². The first kappa shape index (κ1) is 13.8. The topological polar surface area (TPSA) is 45.0 Å². The van der Waals surface area contributed by atoms with Crippen LogP contribution in [0.4, 0.5) is 20.2 Å². The third-order valence-electron chi connectivity index (χ3n) is 2.59. The zero-order valence-electron chi connectivity index (χ0n) is 10.8. The summed E-state index contributed by atoms with van der Waals surface area (Å²) in [6.07, 6.45) is 0. The number of hydrogen-bond donors (Lipinski definition) is 1. The van der Waals surface area contributed by atoms with Crippen LogP contribution in [0.2, 0.25) is 0 Å². The SMILES string of the molecule is CCOc1cccc(Nc2c(F)cc(C#N)cc2F)c1. The lowest BCUT2D eigenvalue weighted by Crippen LogP contribution is -1.99. The molecule has 0 heterocycles.